The number of sulfonamides is 1. The summed E-state index contributed by atoms with van der Waals surface area (Å²) >= 11 is 8.84. The van der Waals surface area contributed by atoms with Gasteiger partial charge in [-0.1, -0.05) is 11.6 Å². The summed E-state index contributed by atoms with van der Waals surface area (Å²) in [6.45, 7) is -0.0992. The molecule has 2 rings (SSSR count). The maximum Gasteiger partial charge on any atom is 0.337 e. The van der Waals surface area contributed by atoms with Crippen LogP contribution in [0.2, 0.25) is 5.02 Å². The Labute approximate surface area is 135 Å². The molecule has 0 saturated heterocycles. The van der Waals surface area contributed by atoms with E-state index in [0.29, 0.717) is 12.8 Å². The highest BCUT2D eigenvalue weighted by Gasteiger charge is 2.35. The molecular formula is C12H13BrClNO5S. The van der Waals surface area contributed by atoms with Gasteiger partial charge in [-0.15, -0.1) is 0 Å². The van der Waals surface area contributed by atoms with Crippen LogP contribution in [0.4, 0.5) is 0 Å². The fourth-order valence-electron chi connectivity index (χ4n) is 1.95. The molecule has 0 radical (unpaired) electrons. The van der Waals surface area contributed by atoms with E-state index in [-0.39, 0.29) is 26.5 Å². The fourth-order valence-corrected chi connectivity index (χ4v) is 3.92. The SMILES string of the molecule is O=C(O)c1cc(S(=O)(=O)NCC2(O)CCC2)cc(Br)c1Cl. The van der Waals surface area contributed by atoms with Gasteiger partial charge in [-0.25, -0.2) is 17.9 Å². The van der Waals surface area contributed by atoms with Crippen molar-refractivity contribution in [3.8, 4) is 0 Å². The minimum absolute atomic E-state index is 0.0703. The second kappa shape index (κ2) is 5.85. The summed E-state index contributed by atoms with van der Waals surface area (Å²) in [7, 11) is -3.93. The van der Waals surface area contributed by atoms with Crippen molar-refractivity contribution >= 4 is 43.5 Å². The number of nitrogens with one attached hydrogen (secondary N) is 1. The van der Waals surface area contributed by atoms with Crippen molar-refractivity contribution in [2.45, 2.75) is 29.8 Å². The zero-order valence-corrected chi connectivity index (χ0v) is 13.9. The Hall–Kier alpha value is -0.670. The monoisotopic (exact) mass is 397 g/mol. The van der Waals surface area contributed by atoms with E-state index >= 15 is 0 Å². The molecule has 21 heavy (non-hydrogen) atoms. The number of hydrogen-bond acceptors (Lipinski definition) is 4. The maximum absolute atomic E-state index is 12.2. The fraction of sp³-hybridized carbons (Fsp3) is 0.417. The molecule has 116 valence electrons. The molecule has 1 aromatic carbocycles. The molecule has 1 aromatic rings. The first-order chi connectivity index (χ1) is 9.65. The quantitative estimate of drug-likeness (QED) is 0.704. The highest BCUT2D eigenvalue weighted by Crippen LogP contribution is 2.32. The van der Waals surface area contributed by atoms with Crippen LogP contribution in [0.5, 0.6) is 0 Å². The summed E-state index contributed by atoms with van der Waals surface area (Å²) < 4.78 is 26.8. The molecular weight excluding hydrogens is 386 g/mol. The second-order valence-electron chi connectivity index (χ2n) is 4.97. The van der Waals surface area contributed by atoms with Crippen LogP contribution in [0.3, 0.4) is 0 Å². The van der Waals surface area contributed by atoms with Crippen LogP contribution >= 0.6 is 27.5 Å². The van der Waals surface area contributed by atoms with E-state index in [0.717, 1.165) is 12.5 Å². The molecule has 0 bridgehead atoms. The van der Waals surface area contributed by atoms with Crippen LogP contribution in [0.1, 0.15) is 29.6 Å². The van der Waals surface area contributed by atoms with Gasteiger partial charge in [-0.2, -0.15) is 0 Å². The number of aromatic carboxylic acids is 1. The Balaban J connectivity index is 2.29. The third kappa shape index (κ3) is 3.57. The van der Waals surface area contributed by atoms with E-state index in [4.69, 9.17) is 16.7 Å². The summed E-state index contributed by atoms with van der Waals surface area (Å²) in [4.78, 5) is 10.8. The maximum atomic E-state index is 12.2. The lowest BCUT2D eigenvalue weighted by Crippen LogP contribution is -2.47. The predicted molar refractivity (Wildman–Crippen MR) is 80.1 cm³/mol. The lowest BCUT2D eigenvalue weighted by atomic mass is 9.81. The molecule has 1 aliphatic carbocycles. The zero-order valence-electron chi connectivity index (χ0n) is 10.8. The molecule has 0 amide bonds. The molecule has 1 fully saturated rings. The molecule has 0 aliphatic heterocycles. The number of benzene rings is 1. The first-order valence-corrected chi connectivity index (χ1v) is 8.74. The highest BCUT2D eigenvalue weighted by atomic mass is 79.9. The molecule has 0 heterocycles. The standard InChI is InChI=1S/C12H13BrClNO5S/c13-9-5-7(4-8(10(9)14)11(16)17)21(19,20)15-6-12(18)2-1-3-12/h4-5,15,18H,1-3,6H2,(H,16,17). The Kier molecular flexibility index (Phi) is 4.65. The smallest absolute Gasteiger partial charge is 0.337 e. The van der Waals surface area contributed by atoms with Crippen LogP contribution in [0.15, 0.2) is 21.5 Å². The number of rotatable bonds is 5. The second-order valence-corrected chi connectivity index (χ2v) is 7.97. The van der Waals surface area contributed by atoms with Crippen LogP contribution in [-0.4, -0.2) is 36.7 Å². The van der Waals surface area contributed by atoms with E-state index < -0.39 is 21.6 Å². The van der Waals surface area contributed by atoms with Gasteiger partial charge in [0.15, 0.2) is 0 Å². The topological polar surface area (TPSA) is 104 Å². The average Bonchev–Trinajstić information content (AvgIpc) is 2.36. The van der Waals surface area contributed by atoms with Crippen molar-refractivity contribution in [3.63, 3.8) is 0 Å². The predicted octanol–water partition coefficient (Wildman–Crippen LogP) is 1.99. The summed E-state index contributed by atoms with van der Waals surface area (Å²) in [5, 5.41) is 18.9. The first-order valence-electron chi connectivity index (χ1n) is 6.09. The summed E-state index contributed by atoms with van der Waals surface area (Å²) in [5.74, 6) is -1.32. The van der Waals surface area contributed by atoms with Gasteiger partial charge in [0.1, 0.15) is 0 Å². The largest absolute Gasteiger partial charge is 0.478 e. The van der Waals surface area contributed by atoms with Crippen molar-refractivity contribution in [2.24, 2.45) is 0 Å². The lowest BCUT2D eigenvalue weighted by molar-refractivity contribution is -0.0271. The van der Waals surface area contributed by atoms with Gasteiger partial charge < -0.3 is 10.2 Å². The van der Waals surface area contributed by atoms with E-state index in [1.165, 1.54) is 6.07 Å². The van der Waals surface area contributed by atoms with Gasteiger partial charge in [0.25, 0.3) is 0 Å². The van der Waals surface area contributed by atoms with Gasteiger partial charge >= 0.3 is 5.97 Å². The normalized spacial score (nSPS) is 17.3. The van der Waals surface area contributed by atoms with Gasteiger partial charge in [0.05, 0.1) is 21.1 Å². The summed E-state index contributed by atoms with van der Waals surface area (Å²) in [6, 6.07) is 2.21. The Morgan fingerprint density at radius 1 is 1.43 bits per heavy atom. The third-order valence-corrected chi connectivity index (χ3v) is 6.06. The number of carboxylic acid groups (broad SMARTS) is 1. The first kappa shape index (κ1) is 16.7. The van der Waals surface area contributed by atoms with E-state index in [1.54, 1.807) is 0 Å². The minimum Gasteiger partial charge on any atom is -0.478 e. The van der Waals surface area contributed by atoms with Crippen molar-refractivity contribution in [3.05, 3.63) is 27.2 Å². The van der Waals surface area contributed by atoms with Gasteiger partial charge in [-0.05, 0) is 47.3 Å². The van der Waals surface area contributed by atoms with Crippen molar-refractivity contribution < 1.29 is 23.4 Å². The Morgan fingerprint density at radius 3 is 2.52 bits per heavy atom. The molecule has 1 aliphatic rings. The molecule has 0 atom stereocenters. The minimum atomic E-state index is -3.93. The van der Waals surface area contributed by atoms with Crippen LogP contribution < -0.4 is 4.72 Å². The van der Waals surface area contributed by atoms with Crippen LogP contribution in [0.25, 0.3) is 0 Å². The van der Waals surface area contributed by atoms with E-state index in [2.05, 4.69) is 20.7 Å². The van der Waals surface area contributed by atoms with Gasteiger partial charge in [0, 0.05) is 11.0 Å². The van der Waals surface area contributed by atoms with Crippen LogP contribution in [-0.2, 0) is 10.0 Å². The summed E-state index contributed by atoms with van der Waals surface area (Å²) in [5.41, 5.74) is -1.32. The molecule has 1 saturated carbocycles. The lowest BCUT2D eigenvalue weighted by Gasteiger charge is -2.36. The third-order valence-electron chi connectivity index (χ3n) is 3.42. The number of carboxylic acids is 1. The van der Waals surface area contributed by atoms with Crippen molar-refractivity contribution in [2.75, 3.05) is 6.54 Å². The number of aliphatic hydroxyl groups is 1. The molecule has 9 heteroatoms. The molecule has 0 unspecified atom stereocenters. The van der Waals surface area contributed by atoms with Crippen LogP contribution in [0, 0.1) is 0 Å². The van der Waals surface area contributed by atoms with Crippen molar-refractivity contribution in [1.29, 1.82) is 0 Å². The molecule has 6 nitrogen and oxygen atoms in total. The molecule has 0 spiro atoms. The highest BCUT2D eigenvalue weighted by molar-refractivity contribution is 9.10. The number of hydrogen-bond donors (Lipinski definition) is 3. The average molecular weight is 399 g/mol. The van der Waals surface area contributed by atoms with E-state index in [1.807, 2.05) is 0 Å². The Bertz CT molecular complexity index is 687. The van der Waals surface area contributed by atoms with E-state index in [9.17, 15) is 18.3 Å². The van der Waals surface area contributed by atoms with Crippen molar-refractivity contribution in [1.82, 2.24) is 4.72 Å². The van der Waals surface area contributed by atoms with Gasteiger partial charge in [0.2, 0.25) is 10.0 Å². The number of carbonyl (C=O) groups is 1. The zero-order chi connectivity index (χ0) is 15.8. The Morgan fingerprint density at radius 2 is 2.05 bits per heavy atom. The molecule has 0 aromatic heterocycles. The summed E-state index contributed by atoms with van der Waals surface area (Å²) in [6.07, 6.45) is 1.94. The van der Waals surface area contributed by atoms with Gasteiger partial charge in [-0.3, -0.25) is 0 Å². The molecule has 3 N–H and O–H groups in total. The number of halogens is 2.